The first kappa shape index (κ1) is 12.0. The van der Waals surface area contributed by atoms with Crippen molar-refractivity contribution in [2.75, 3.05) is 0 Å². The molecule has 2 aromatic heterocycles. The average molecular weight is 251 g/mol. The molecule has 0 aromatic carbocycles. The van der Waals surface area contributed by atoms with Gasteiger partial charge in [-0.3, -0.25) is 4.68 Å². The van der Waals surface area contributed by atoms with Crippen molar-refractivity contribution in [1.29, 1.82) is 0 Å². The van der Waals surface area contributed by atoms with Crippen LogP contribution < -0.4 is 0 Å². The predicted octanol–water partition coefficient (Wildman–Crippen LogP) is 2.83. The van der Waals surface area contributed by atoms with Crippen molar-refractivity contribution in [3.8, 4) is 11.5 Å². The second-order valence-electron chi connectivity index (χ2n) is 5.02. The summed E-state index contributed by atoms with van der Waals surface area (Å²) in [7, 11) is 1.86. The molecule has 0 fully saturated rings. The molecule has 0 radical (unpaired) electrons. The van der Waals surface area contributed by atoms with Crippen LogP contribution in [-0.4, -0.2) is 19.7 Å². The van der Waals surface area contributed by atoms with Crippen LogP contribution in [0.5, 0.6) is 0 Å². The van der Waals surface area contributed by atoms with Crippen LogP contribution in [0.3, 0.4) is 0 Å². The first-order valence-electron chi connectivity index (χ1n) is 5.41. The highest BCUT2D eigenvalue weighted by Gasteiger charge is 2.18. The maximum absolute atomic E-state index is 6.03. The Morgan fingerprint density at radius 2 is 1.94 bits per heavy atom. The van der Waals surface area contributed by atoms with Crippen LogP contribution in [0.15, 0.2) is 18.3 Å². The van der Waals surface area contributed by atoms with Crippen molar-refractivity contribution in [2.24, 2.45) is 7.05 Å². The maximum Gasteiger partial charge on any atom is 0.181 e. The standard InChI is InChI=1S/C12H15ClN4/c1-12(2,3)9-7-10(13)15-11(14-9)8-5-6-17(4)16-8/h5-7H,1-4H3. The SMILES string of the molecule is Cn1ccc(-c2nc(Cl)cc(C(C)(C)C)n2)n1. The summed E-state index contributed by atoms with van der Waals surface area (Å²) in [6.45, 7) is 6.27. The molecule has 5 heteroatoms. The lowest BCUT2D eigenvalue weighted by molar-refractivity contribution is 0.567. The normalized spacial score (nSPS) is 11.8. The van der Waals surface area contributed by atoms with Crippen molar-refractivity contribution in [3.63, 3.8) is 0 Å². The molecule has 2 rings (SSSR count). The third kappa shape index (κ3) is 2.64. The first-order valence-corrected chi connectivity index (χ1v) is 5.79. The molecule has 0 aliphatic carbocycles. The Bertz CT molecular complexity index is 540. The highest BCUT2D eigenvalue weighted by atomic mass is 35.5. The van der Waals surface area contributed by atoms with Crippen molar-refractivity contribution in [1.82, 2.24) is 19.7 Å². The van der Waals surface area contributed by atoms with Crippen LogP contribution in [0.2, 0.25) is 5.15 Å². The van der Waals surface area contributed by atoms with Gasteiger partial charge < -0.3 is 0 Å². The van der Waals surface area contributed by atoms with E-state index in [9.17, 15) is 0 Å². The second-order valence-corrected chi connectivity index (χ2v) is 5.41. The molecule has 2 heterocycles. The zero-order valence-electron chi connectivity index (χ0n) is 10.4. The molecular weight excluding hydrogens is 236 g/mol. The fourth-order valence-electron chi connectivity index (χ4n) is 1.45. The van der Waals surface area contributed by atoms with Crippen molar-refractivity contribution >= 4 is 11.6 Å². The summed E-state index contributed by atoms with van der Waals surface area (Å²) >= 11 is 6.03. The summed E-state index contributed by atoms with van der Waals surface area (Å²) in [5, 5.41) is 4.73. The summed E-state index contributed by atoms with van der Waals surface area (Å²) in [6.07, 6.45) is 1.86. The van der Waals surface area contributed by atoms with Gasteiger partial charge in [-0.2, -0.15) is 5.10 Å². The van der Waals surface area contributed by atoms with Crippen molar-refractivity contribution < 1.29 is 0 Å². The predicted molar refractivity (Wildman–Crippen MR) is 67.9 cm³/mol. The maximum atomic E-state index is 6.03. The largest absolute Gasteiger partial charge is 0.275 e. The molecule has 0 spiro atoms. The van der Waals surface area contributed by atoms with Gasteiger partial charge in [0, 0.05) is 18.7 Å². The Kier molecular flexibility index (Phi) is 2.91. The number of nitrogens with zero attached hydrogens (tertiary/aromatic N) is 4. The van der Waals surface area contributed by atoms with E-state index in [-0.39, 0.29) is 5.41 Å². The Morgan fingerprint density at radius 3 is 2.47 bits per heavy atom. The molecule has 0 aliphatic rings. The van der Waals surface area contributed by atoms with Gasteiger partial charge in [-0.15, -0.1) is 0 Å². The highest BCUT2D eigenvalue weighted by Crippen LogP contribution is 2.24. The van der Waals surface area contributed by atoms with Gasteiger partial charge in [-0.1, -0.05) is 32.4 Å². The molecule has 0 unspecified atom stereocenters. The van der Waals surface area contributed by atoms with Crippen molar-refractivity contribution in [3.05, 3.63) is 29.2 Å². The third-order valence-electron chi connectivity index (χ3n) is 2.41. The van der Waals surface area contributed by atoms with E-state index in [1.165, 1.54) is 0 Å². The summed E-state index contributed by atoms with van der Waals surface area (Å²) < 4.78 is 1.72. The number of hydrogen-bond acceptors (Lipinski definition) is 3. The second kappa shape index (κ2) is 4.11. The molecule has 17 heavy (non-hydrogen) atoms. The monoisotopic (exact) mass is 250 g/mol. The third-order valence-corrected chi connectivity index (χ3v) is 2.60. The lowest BCUT2D eigenvalue weighted by Crippen LogP contribution is -2.14. The number of rotatable bonds is 1. The Morgan fingerprint density at radius 1 is 1.24 bits per heavy atom. The van der Waals surface area contributed by atoms with Crippen LogP contribution in [0, 0.1) is 0 Å². The lowest BCUT2D eigenvalue weighted by Gasteiger charge is -2.18. The number of aromatic nitrogens is 4. The van der Waals surface area contributed by atoms with Crippen LogP contribution in [0.1, 0.15) is 26.5 Å². The van der Waals surface area contributed by atoms with Crippen LogP contribution in [-0.2, 0) is 12.5 Å². The van der Waals surface area contributed by atoms with Gasteiger partial charge in [-0.05, 0) is 12.1 Å². The Balaban J connectivity index is 2.52. The Labute approximate surface area is 106 Å². The van der Waals surface area contributed by atoms with E-state index in [2.05, 4.69) is 35.8 Å². The van der Waals surface area contributed by atoms with Crippen molar-refractivity contribution in [2.45, 2.75) is 26.2 Å². The van der Waals surface area contributed by atoms with E-state index in [0.717, 1.165) is 11.4 Å². The summed E-state index contributed by atoms with van der Waals surface area (Å²) in [5.41, 5.74) is 1.59. The molecule has 0 N–H and O–H groups in total. The van der Waals surface area contributed by atoms with Gasteiger partial charge in [-0.25, -0.2) is 9.97 Å². The highest BCUT2D eigenvalue weighted by molar-refractivity contribution is 6.29. The topological polar surface area (TPSA) is 43.6 Å². The zero-order valence-corrected chi connectivity index (χ0v) is 11.2. The van der Waals surface area contributed by atoms with Gasteiger partial charge in [0.2, 0.25) is 0 Å². The minimum Gasteiger partial charge on any atom is -0.275 e. The van der Waals surface area contributed by atoms with E-state index in [0.29, 0.717) is 11.0 Å². The smallest absolute Gasteiger partial charge is 0.181 e. The fraction of sp³-hybridized carbons (Fsp3) is 0.417. The quantitative estimate of drug-likeness (QED) is 0.731. The van der Waals surface area contributed by atoms with E-state index in [1.807, 2.05) is 19.3 Å². The molecule has 90 valence electrons. The summed E-state index contributed by atoms with van der Waals surface area (Å²) in [4.78, 5) is 8.73. The molecule has 0 saturated heterocycles. The number of hydrogen-bond donors (Lipinski definition) is 0. The fourth-order valence-corrected chi connectivity index (χ4v) is 1.63. The van der Waals surface area contributed by atoms with Crippen LogP contribution in [0.25, 0.3) is 11.5 Å². The molecule has 0 bridgehead atoms. The molecule has 0 aliphatic heterocycles. The van der Waals surface area contributed by atoms with E-state index >= 15 is 0 Å². The molecule has 0 amide bonds. The van der Waals surface area contributed by atoms with Gasteiger partial charge in [0.05, 0.1) is 5.69 Å². The van der Waals surface area contributed by atoms with Gasteiger partial charge in [0.15, 0.2) is 5.82 Å². The van der Waals surface area contributed by atoms with Gasteiger partial charge in [0.25, 0.3) is 0 Å². The molecule has 0 saturated carbocycles. The number of aryl methyl sites for hydroxylation is 1. The molecular formula is C12H15ClN4. The zero-order chi connectivity index (χ0) is 12.6. The minimum absolute atomic E-state index is 0.0594. The molecule has 4 nitrogen and oxygen atoms in total. The van der Waals surface area contributed by atoms with E-state index in [4.69, 9.17) is 11.6 Å². The number of halogens is 1. The summed E-state index contributed by atoms with van der Waals surface area (Å²) in [6, 6.07) is 3.67. The lowest BCUT2D eigenvalue weighted by atomic mass is 9.92. The summed E-state index contributed by atoms with van der Waals surface area (Å²) in [5.74, 6) is 0.572. The van der Waals surface area contributed by atoms with Crippen LogP contribution in [0.4, 0.5) is 0 Å². The van der Waals surface area contributed by atoms with Gasteiger partial charge in [0.1, 0.15) is 10.8 Å². The Hall–Kier alpha value is -1.42. The van der Waals surface area contributed by atoms with E-state index in [1.54, 1.807) is 10.7 Å². The molecule has 2 aromatic rings. The van der Waals surface area contributed by atoms with Gasteiger partial charge >= 0.3 is 0 Å². The average Bonchev–Trinajstić information content (AvgIpc) is 2.62. The van der Waals surface area contributed by atoms with E-state index < -0.39 is 0 Å². The van der Waals surface area contributed by atoms with Crippen LogP contribution >= 0.6 is 11.6 Å². The minimum atomic E-state index is -0.0594. The molecule has 0 atom stereocenters. The first-order chi connectivity index (χ1) is 7.86.